The van der Waals surface area contributed by atoms with E-state index in [1.165, 1.54) is 17.0 Å². The van der Waals surface area contributed by atoms with Crippen molar-refractivity contribution in [2.24, 2.45) is 0 Å². The standard InChI is InChI=1S/C16H17N3OS2/c1-10-8-12(11(2)19(10)16-17-5-7-21-16)13-9-22-15(18-13)14-4-3-6-20-14/h5,7-9,14H,3-4,6H2,1-2H3/t14-/m0/s1. The molecule has 22 heavy (non-hydrogen) atoms. The first kappa shape index (κ1) is 14.1. The Labute approximate surface area is 137 Å². The van der Waals surface area contributed by atoms with Crippen LogP contribution in [0.2, 0.25) is 0 Å². The van der Waals surface area contributed by atoms with Crippen molar-refractivity contribution in [3.63, 3.8) is 0 Å². The number of ether oxygens (including phenoxy) is 1. The van der Waals surface area contributed by atoms with E-state index in [1.807, 2.05) is 11.6 Å². The lowest BCUT2D eigenvalue weighted by Gasteiger charge is -2.05. The first-order valence-corrected chi connectivity index (χ1v) is 9.16. The molecule has 0 unspecified atom stereocenters. The van der Waals surface area contributed by atoms with E-state index in [1.54, 1.807) is 22.7 Å². The number of aryl methyl sites for hydroxylation is 1. The highest BCUT2D eigenvalue weighted by molar-refractivity contribution is 7.12. The Hall–Kier alpha value is -1.50. The summed E-state index contributed by atoms with van der Waals surface area (Å²) in [6.07, 6.45) is 4.27. The second kappa shape index (κ2) is 5.61. The normalized spacial score (nSPS) is 18.2. The van der Waals surface area contributed by atoms with Crippen LogP contribution in [-0.4, -0.2) is 21.1 Å². The summed E-state index contributed by atoms with van der Waals surface area (Å²) in [4.78, 5) is 9.25. The Morgan fingerprint density at radius 2 is 2.23 bits per heavy atom. The monoisotopic (exact) mass is 331 g/mol. The molecule has 1 atom stereocenters. The van der Waals surface area contributed by atoms with Crippen LogP contribution in [0.1, 0.15) is 35.3 Å². The fourth-order valence-corrected chi connectivity index (χ4v) is 4.63. The summed E-state index contributed by atoms with van der Waals surface area (Å²) in [7, 11) is 0. The first-order valence-electron chi connectivity index (χ1n) is 7.40. The van der Waals surface area contributed by atoms with Crippen LogP contribution < -0.4 is 0 Å². The SMILES string of the molecule is Cc1cc(-c2csc([C@@H]3CCCO3)n2)c(C)n1-c1nccs1. The first-order chi connectivity index (χ1) is 10.7. The van der Waals surface area contributed by atoms with Crippen LogP contribution in [0.3, 0.4) is 0 Å². The maximum absolute atomic E-state index is 5.74. The number of hydrogen-bond acceptors (Lipinski definition) is 5. The largest absolute Gasteiger partial charge is 0.371 e. The lowest BCUT2D eigenvalue weighted by molar-refractivity contribution is 0.112. The summed E-state index contributed by atoms with van der Waals surface area (Å²) in [6.45, 7) is 5.11. The Bertz CT molecular complexity index is 783. The third kappa shape index (κ3) is 2.31. The Balaban J connectivity index is 1.73. The van der Waals surface area contributed by atoms with E-state index < -0.39 is 0 Å². The van der Waals surface area contributed by atoms with Gasteiger partial charge in [-0.05, 0) is 32.8 Å². The van der Waals surface area contributed by atoms with Gasteiger partial charge in [-0.2, -0.15) is 0 Å². The van der Waals surface area contributed by atoms with Gasteiger partial charge in [-0.1, -0.05) is 0 Å². The molecule has 4 heterocycles. The maximum atomic E-state index is 5.74. The molecule has 1 aliphatic heterocycles. The minimum absolute atomic E-state index is 0.196. The maximum Gasteiger partial charge on any atom is 0.193 e. The third-order valence-corrected chi connectivity index (χ3v) is 5.74. The molecule has 1 saturated heterocycles. The smallest absolute Gasteiger partial charge is 0.193 e. The van der Waals surface area contributed by atoms with Gasteiger partial charge in [-0.15, -0.1) is 22.7 Å². The van der Waals surface area contributed by atoms with Gasteiger partial charge >= 0.3 is 0 Å². The highest BCUT2D eigenvalue weighted by Gasteiger charge is 2.22. The molecule has 3 aromatic rings. The Kier molecular flexibility index (Phi) is 3.60. The Morgan fingerprint density at radius 3 is 2.95 bits per heavy atom. The molecule has 0 spiro atoms. The van der Waals surface area contributed by atoms with E-state index in [4.69, 9.17) is 9.72 Å². The second-order valence-electron chi connectivity index (χ2n) is 5.51. The molecule has 0 N–H and O–H groups in total. The van der Waals surface area contributed by atoms with Gasteiger partial charge in [0.05, 0.1) is 5.69 Å². The zero-order valence-corrected chi connectivity index (χ0v) is 14.2. The molecule has 0 bridgehead atoms. The van der Waals surface area contributed by atoms with Crippen molar-refractivity contribution in [3.05, 3.63) is 39.4 Å². The van der Waals surface area contributed by atoms with E-state index >= 15 is 0 Å². The molecule has 6 heteroatoms. The van der Waals surface area contributed by atoms with Gasteiger partial charge in [0, 0.05) is 40.5 Å². The van der Waals surface area contributed by atoms with Gasteiger partial charge in [0.1, 0.15) is 11.1 Å². The molecule has 4 nitrogen and oxygen atoms in total. The molecule has 114 valence electrons. The zero-order valence-electron chi connectivity index (χ0n) is 12.6. The van der Waals surface area contributed by atoms with E-state index in [0.717, 1.165) is 35.3 Å². The molecule has 0 aliphatic carbocycles. The summed E-state index contributed by atoms with van der Waals surface area (Å²) in [6, 6.07) is 2.20. The van der Waals surface area contributed by atoms with Crippen molar-refractivity contribution < 1.29 is 4.74 Å². The van der Waals surface area contributed by atoms with Gasteiger partial charge in [-0.3, -0.25) is 4.57 Å². The minimum atomic E-state index is 0.196. The average Bonchev–Trinajstić information content (AvgIpc) is 3.26. The van der Waals surface area contributed by atoms with Crippen LogP contribution in [-0.2, 0) is 4.74 Å². The second-order valence-corrected chi connectivity index (χ2v) is 7.27. The predicted molar refractivity (Wildman–Crippen MR) is 90.0 cm³/mol. The molecule has 0 saturated carbocycles. The molecule has 0 amide bonds. The van der Waals surface area contributed by atoms with Crippen molar-refractivity contribution in [3.8, 4) is 16.4 Å². The summed E-state index contributed by atoms with van der Waals surface area (Å²) in [5.41, 5.74) is 4.62. The van der Waals surface area contributed by atoms with Crippen LogP contribution in [0.4, 0.5) is 0 Å². The van der Waals surface area contributed by atoms with E-state index in [0.29, 0.717) is 0 Å². The molecule has 1 aliphatic rings. The molecule has 4 rings (SSSR count). The van der Waals surface area contributed by atoms with Gasteiger partial charge in [0.2, 0.25) is 0 Å². The molecular formula is C16H17N3OS2. The lowest BCUT2D eigenvalue weighted by Crippen LogP contribution is -1.98. The fraction of sp³-hybridized carbons (Fsp3) is 0.375. The molecular weight excluding hydrogens is 314 g/mol. The van der Waals surface area contributed by atoms with Gasteiger partial charge < -0.3 is 4.74 Å². The van der Waals surface area contributed by atoms with Gasteiger partial charge in [0.25, 0.3) is 0 Å². The summed E-state index contributed by atoms with van der Waals surface area (Å²) in [5.74, 6) is 0. The number of rotatable bonds is 3. The van der Waals surface area contributed by atoms with Crippen molar-refractivity contribution in [1.29, 1.82) is 0 Å². The topological polar surface area (TPSA) is 39.9 Å². The molecule has 1 fully saturated rings. The lowest BCUT2D eigenvalue weighted by atomic mass is 10.2. The molecule has 0 aromatic carbocycles. The number of aromatic nitrogens is 3. The highest BCUT2D eigenvalue weighted by Crippen LogP contribution is 2.35. The van der Waals surface area contributed by atoms with Gasteiger partial charge in [-0.25, -0.2) is 9.97 Å². The van der Waals surface area contributed by atoms with Gasteiger partial charge in [0.15, 0.2) is 5.13 Å². The molecule has 0 radical (unpaired) electrons. The quantitative estimate of drug-likeness (QED) is 0.708. The van der Waals surface area contributed by atoms with Crippen molar-refractivity contribution in [1.82, 2.24) is 14.5 Å². The van der Waals surface area contributed by atoms with Crippen molar-refractivity contribution >= 4 is 22.7 Å². The Morgan fingerprint density at radius 1 is 1.32 bits per heavy atom. The fourth-order valence-electron chi connectivity index (χ4n) is 2.97. The highest BCUT2D eigenvalue weighted by atomic mass is 32.1. The van der Waals surface area contributed by atoms with Crippen LogP contribution >= 0.6 is 22.7 Å². The average molecular weight is 331 g/mol. The summed E-state index contributed by atoms with van der Waals surface area (Å²) in [5, 5.41) is 6.26. The van der Waals surface area contributed by atoms with E-state index in [2.05, 4.69) is 34.8 Å². The minimum Gasteiger partial charge on any atom is -0.371 e. The van der Waals surface area contributed by atoms with Crippen molar-refractivity contribution in [2.75, 3.05) is 6.61 Å². The van der Waals surface area contributed by atoms with Crippen LogP contribution in [0.5, 0.6) is 0 Å². The summed E-state index contributed by atoms with van der Waals surface area (Å²) < 4.78 is 7.94. The predicted octanol–water partition coefficient (Wildman–Crippen LogP) is 4.53. The van der Waals surface area contributed by atoms with Crippen molar-refractivity contribution in [2.45, 2.75) is 32.8 Å². The summed E-state index contributed by atoms with van der Waals surface area (Å²) >= 11 is 3.36. The van der Waals surface area contributed by atoms with Crippen LogP contribution in [0.25, 0.3) is 16.4 Å². The number of thiazole rings is 2. The van der Waals surface area contributed by atoms with E-state index in [-0.39, 0.29) is 6.10 Å². The molecule has 3 aromatic heterocycles. The number of hydrogen-bond donors (Lipinski definition) is 0. The van der Waals surface area contributed by atoms with Crippen LogP contribution in [0.15, 0.2) is 23.0 Å². The third-order valence-electron chi connectivity index (χ3n) is 4.04. The number of nitrogens with zero attached hydrogens (tertiary/aromatic N) is 3. The zero-order chi connectivity index (χ0) is 15.1. The van der Waals surface area contributed by atoms with E-state index in [9.17, 15) is 0 Å². The van der Waals surface area contributed by atoms with Crippen LogP contribution in [0, 0.1) is 13.8 Å².